The van der Waals surface area contributed by atoms with Crippen LogP contribution in [0.1, 0.15) is 55.8 Å². The SMILES string of the molecule is CCOc1ccc(C(=O)N[C@H]2CCCC[C@H]2C(=O)NC(C#N)C2CC2)cc1. The first-order valence-corrected chi connectivity index (χ1v) is 9.86. The van der Waals surface area contributed by atoms with Crippen LogP contribution in [0.3, 0.4) is 0 Å². The largest absolute Gasteiger partial charge is 0.494 e. The molecule has 2 aliphatic carbocycles. The van der Waals surface area contributed by atoms with Crippen molar-refractivity contribution in [3.63, 3.8) is 0 Å². The maximum atomic E-state index is 12.7. The molecule has 27 heavy (non-hydrogen) atoms. The summed E-state index contributed by atoms with van der Waals surface area (Å²) in [5, 5.41) is 15.2. The Morgan fingerprint density at radius 3 is 2.52 bits per heavy atom. The van der Waals surface area contributed by atoms with Crippen LogP contribution in [-0.4, -0.2) is 30.5 Å². The number of ether oxygens (including phenoxy) is 1. The number of hydrogen-bond donors (Lipinski definition) is 2. The first kappa shape index (κ1) is 19.2. The van der Waals surface area contributed by atoms with E-state index in [-0.39, 0.29) is 23.8 Å². The van der Waals surface area contributed by atoms with Gasteiger partial charge in [0.25, 0.3) is 5.91 Å². The van der Waals surface area contributed by atoms with Gasteiger partial charge in [-0.2, -0.15) is 5.26 Å². The lowest BCUT2D eigenvalue weighted by molar-refractivity contribution is -0.127. The van der Waals surface area contributed by atoms with Gasteiger partial charge in [-0.1, -0.05) is 12.8 Å². The Hall–Kier alpha value is -2.55. The molecule has 0 spiro atoms. The zero-order valence-corrected chi connectivity index (χ0v) is 15.7. The third-order valence-electron chi connectivity index (χ3n) is 5.38. The summed E-state index contributed by atoms with van der Waals surface area (Å²) in [6, 6.07) is 8.62. The first-order valence-electron chi connectivity index (χ1n) is 9.86. The first-order chi connectivity index (χ1) is 13.1. The molecule has 2 aliphatic rings. The predicted octanol–water partition coefficient (Wildman–Crippen LogP) is 2.79. The highest BCUT2D eigenvalue weighted by molar-refractivity contribution is 5.95. The Balaban J connectivity index is 1.61. The normalized spacial score (nSPS) is 23.0. The minimum absolute atomic E-state index is 0.106. The fraction of sp³-hybridized carbons (Fsp3) is 0.571. The van der Waals surface area contributed by atoms with Gasteiger partial charge in [-0.15, -0.1) is 0 Å². The van der Waals surface area contributed by atoms with E-state index in [4.69, 9.17) is 4.74 Å². The van der Waals surface area contributed by atoms with E-state index in [0.717, 1.165) is 44.3 Å². The van der Waals surface area contributed by atoms with E-state index in [1.807, 2.05) is 6.92 Å². The van der Waals surface area contributed by atoms with Crippen molar-refractivity contribution >= 4 is 11.8 Å². The molecule has 1 aromatic carbocycles. The maximum Gasteiger partial charge on any atom is 0.251 e. The number of carbonyl (C=O) groups is 2. The zero-order valence-electron chi connectivity index (χ0n) is 15.7. The van der Waals surface area contributed by atoms with Crippen molar-refractivity contribution < 1.29 is 14.3 Å². The molecule has 2 fully saturated rings. The third-order valence-corrected chi connectivity index (χ3v) is 5.38. The second-order valence-corrected chi connectivity index (χ2v) is 7.38. The Labute approximate surface area is 160 Å². The average molecular weight is 369 g/mol. The molecule has 2 amide bonds. The molecular formula is C21H27N3O3. The monoisotopic (exact) mass is 369 g/mol. The van der Waals surface area contributed by atoms with E-state index in [1.165, 1.54) is 0 Å². The van der Waals surface area contributed by atoms with E-state index in [9.17, 15) is 14.9 Å². The van der Waals surface area contributed by atoms with Crippen LogP contribution in [-0.2, 0) is 4.79 Å². The number of benzene rings is 1. The Kier molecular flexibility index (Phi) is 6.33. The quantitative estimate of drug-likeness (QED) is 0.773. The number of hydrogen-bond acceptors (Lipinski definition) is 4. The van der Waals surface area contributed by atoms with Crippen molar-refractivity contribution in [2.24, 2.45) is 11.8 Å². The van der Waals surface area contributed by atoms with Crippen LogP contribution in [0.15, 0.2) is 24.3 Å². The van der Waals surface area contributed by atoms with Crippen molar-refractivity contribution in [1.82, 2.24) is 10.6 Å². The molecule has 1 aromatic rings. The molecule has 0 aliphatic heterocycles. The number of amides is 2. The van der Waals surface area contributed by atoms with Gasteiger partial charge in [0.2, 0.25) is 5.91 Å². The molecule has 1 unspecified atom stereocenters. The molecule has 0 bridgehead atoms. The van der Waals surface area contributed by atoms with Gasteiger partial charge in [0, 0.05) is 11.6 Å². The highest BCUT2D eigenvalue weighted by atomic mass is 16.5. The second-order valence-electron chi connectivity index (χ2n) is 7.38. The fourth-order valence-corrected chi connectivity index (χ4v) is 3.68. The third kappa shape index (κ3) is 5.00. The molecule has 6 heteroatoms. The second kappa shape index (κ2) is 8.90. The van der Waals surface area contributed by atoms with E-state index in [1.54, 1.807) is 24.3 Å². The number of carbonyl (C=O) groups excluding carboxylic acids is 2. The standard InChI is InChI=1S/C21H27N3O3/c1-2-27-16-11-9-15(10-12-16)20(25)23-18-6-4-3-5-17(18)21(26)24-19(13-22)14-7-8-14/h9-12,14,17-19H,2-8H2,1H3,(H,23,25)(H,24,26)/t17-,18+,19?/m1/s1. The van der Waals surface area contributed by atoms with Crippen molar-refractivity contribution in [3.05, 3.63) is 29.8 Å². The van der Waals surface area contributed by atoms with E-state index < -0.39 is 6.04 Å². The molecule has 0 saturated heterocycles. The average Bonchev–Trinajstić information content (AvgIpc) is 3.52. The molecule has 144 valence electrons. The van der Waals surface area contributed by atoms with Crippen LogP contribution >= 0.6 is 0 Å². The summed E-state index contributed by atoms with van der Waals surface area (Å²) < 4.78 is 5.40. The maximum absolute atomic E-state index is 12.7. The van der Waals surface area contributed by atoms with Gasteiger partial charge in [-0.05, 0) is 62.8 Å². The zero-order chi connectivity index (χ0) is 19.2. The van der Waals surface area contributed by atoms with E-state index in [0.29, 0.717) is 18.1 Å². The Morgan fingerprint density at radius 2 is 1.89 bits per heavy atom. The van der Waals surface area contributed by atoms with Gasteiger partial charge in [0.1, 0.15) is 11.8 Å². The minimum Gasteiger partial charge on any atom is -0.494 e. The predicted molar refractivity (Wildman–Crippen MR) is 101 cm³/mol. The van der Waals surface area contributed by atoms with E-state index >= 15 is 0 Å². The summed E-state index contributed by atoms with van der Waals surface area (Å²) in [4.78, 5) is 25.3. The molecule has 2 saturated carbocycles. The molecule has 0 radical (unpaired) electrons. The van der Waals surface area contributed by atoms with Crippen molar-refractivity contribution in [2.45, 2.75) is 57.5 Å². The van der Waals surface area contributed by atoms with Crippen molar-refractivity contribution in [3.8, 4) is 11.8 Å². The highest BCUT2D eigenvalue weighted by Crippen LogP contribution is 2.33. The molecule has 6 nitrogen and oxygen atoms in total. The number of nitrogens with zero attached hydrogens (tertiary/aromatic N) is 1. The van der Waals surface area contributed by atoms with Gasteiger partial charge in [0.15, 0.2) is 0 Å². The van der Waals surface area contributed by atoms with Crippen LogP contribution < -0.4 is 15.4 Å². The van der Waals surface area contributed by atoms with Gasteiger partial charge >= 0.3 is 0 Å². The van der Waals surface area contributed by atoms with Crippen molar-refractivity contribution in [2.75, 3.05) is 6.61 Å². The van der Waals surface area contributed by atoms with Gasteiger partial charge in [-0.25, -0.2) is 0 Å². The molecule has 0 heterocycles. The molecular weight excluding hydrogens is 342 g/mol. The van der Waals surface area contributed by atoms with Gasteiger partial charge in [0.05, 0.1) is 18.6 Å². The summed E-state index contributed by atoms with van der Waals surface area (Å²) >= 11 is 0. The summed E-state index contributed by atoms with van der Waals surface area (Å²) in [5.74, 6) is 0.456. The van der Waals surface area contributed by atoms with Crippen LogP contribution in [0.25, 0.3) is 0 Å². The minimum atomic E-state index is -0.401. The Bertz CT molecular complexity index is 706. The molecule has 0 aromatic heterocycles. The summed E-state index contributed by atoms with van der Waals surface area (Å²) in [6.45, 7) is 2.49. The number of nitriles is 1. The van der Waals surface area contributed by atoms with Crippen LogP contribution in [0.5, 0.6) is 5.75 Å². The lowest BCUT2D eigenvalue weighted by Gasteiger charge is -2.31. The fourth-order valence-electron chi connectivity index (χ4n) is 3.68. The van der Waals surface area contributed by atoms with Crippen LogP contribution in [0.2, 0.25) is 0 Å². The van der Waals surface area contributed by atoms with Gasteiger partial charge in [-0.3, -0.25) is 9.59 Å². The number of rotatable bonds is 7. The topological polar surface area (TPSA) is 91.2 Å². The molecule has 3 atom stereocenters. The lowest BCUT2D eigenvalue weighted by atomic mass is 9.83. The summed E-state index contributed by atoms with van der Waals surface area (Å²) in [7, 11) is 0. The van der Waals surface area contributed by atoms with Gasteiger partial charge < -0.3 is 15.4 Å². The highest BCUT2D eigenvalue weighted by Gasteiger charge is 2.37. The molecule has 2 N–H and O–H groups in total. The van der Waals surface area contributed by atoms with Crippen molar-refractivity contribution in [1.29, 1.82) is 5.26 Å². The number of nitrogens with one attached hydrogen (secondary N) is 2. The summed E-state index contributed by atoms with van der Waals surface area (Å²) in [5.41, 5.74) is 0.552. The van der Waals surface area contributed by atoms with E-state index in [2.05, 4.69) is 16.7 Å². The summed E-state index contributed by atoms with van der Waals surface area (Å²) in [6.07, 6.45) is 5.48. The Morgan fingerprint density at radius 1 is 1.19 bits per heavy atom. The van der Waals surface area contributed by atoms with Crippen LogP contribution in [0.4, 0.5) is 0 Å². The smallest absolute Gasteiger partial charge is 0.251 e. The molecule has 3 rings (SSSR count). The van der Waals surface area contributed by atoms with Crippen LogP contribution in [0, 0.1) is 23.2 Å². The lowest BCUT2D eigenvalue weighted by Crippen LogP contribution is -2.50.